The third-order valence-corrected chi connectivity index (χ3v) is 6.56. The number of anilines is 2. The molecule has 35 heavy (non-hydrogen) atoms. The summed E-state index contributed by atoms with van der Waals surface area (Å²) in [5, 5.41) is 8.44. The number of aromatic amines is 1. The molecule has 3 aromatic rings. The Morgan fingerprint density at radius 3 is 2.17 bits per heavy atom. The van der Waals surface area contributed by atoms with Gasteiger partial charge in [0.2, 0.25) is 0 Å². The molecule has 1 saturated heterocycles. The first-order valence-electron chi connectivity index (χ1n) is 12.7. The average Bonchev–Trinajstić information content (AvgIpc) is 3.32. The van der Waals surface area contributed by atoms with Crippen molar-refractivity contribution in [3.63, 3.8) is 0 Å². The molecule has 1 amide bonds. The molecule has 1 aromatic carbocycles. The Kier molecular flexibility index (Phi) is 6.41. The zero-order chi connectivity index (χ0) is 25.6. The lowest BCUT2D eigenvalue weighted by molar-refractivity contribution is 0.0748. The van der Waals surface area contributed by atoms with Crippen LogP contribution in [0.1, 0.15) is 77.9 Å². The highest BCUT2D eigenvalue weighted by molar-refractivity contribution is 6.00. The number of carbonyl (C=O) groups excluding carboxylic acids is 1. The summed E-state index contributed by atoms with van der Waals surface area (Å²) in [7, 11) is 0. The summed E-state index contributed by atoms with van der Waals surface area (Å²) in [4.78, 5) is 21.4. The molecule has 190 valence electrons. The highest BCUT2D eigenvalue weighted by atomic mass is 16.2. The van der Waals surface area contributed by atoms with E-state index in [4.69, 9.17) is 0 Å². The van der Waals surface area contributed by atoms with Crippen molar-refractivity contribution in [2.75, 3.05) is 36.4 Å². The van der Waals surface area contributed by atoms with Crippen molar-refractivity contribution in [1.82, 2.24) is 19.5 Å². The lowest BCUT2D eigenvalue weighted by Crippen LogP contribution is -2.48. The van der Waals surface area contributed by atoms with Crippen LogP contribution in [0, 0.1) is 5.41 Å². The van der Waals surface area contributed by atoms with E-state index in [0.29, 0.717) is 18.7 Å². The van der Waals surface area contributed by atoms with E-state index >= 15 is 0 Å². The molecule has 0 spiro atoms. The van der Waals surface area contributed by atoms with E-state index in [9.17, 15) is 4.79 Å². The third-order valence-electron chi connectivity index (χ3n) is 6.56. The molecule has 2 N–H and O–H groups in total. The second kappa shape index (κ2) is 8.92. The van der Waals surface area contributed by atoms with Gasteiger partial charge in [-0.05, 0) is 37.8 Å². The first kappa shape index (κ1) is 25.1. The molecule has 0 bridgehead atoms. The summed E-state index contributed by atoms with van der Waals surface area (Å²) in [6.45, 7) is 20.8. The van der Waals surface area contributed by atoms with Gasteiger partial charge >= 0.3 is 0 Å². The van der Waals surface area contributed by atoms with Crippen molar-refractivity contribution in [3.8, 4) is 0 Å². The van der Waals surface area contributed by atoms with E-state index in [0.717, 1.165) is 36.7 Å². The molecule has 1 aliphatic heterocycles. The molecule has 0 saturated carbocycles. The minimum atomic E-state index is -0.142. The second-order valence-corrected chi connectivity index (χ2v) is 12.8. The van der Waals surface area contributed by atoms with Crippen molar-refractivity contribution in [1.29, 1.82) is 0 Å². The van der Waals surface area contributed by atoms with Crippen LogP contribution in [-0.4, -0.2) is 57.1 Å². The van der Waals surface area contributed by atoms with Gasteiger partial charge in [-0.15, -0.1) is 0 Å². The van der Waals surface area contributed by atoms with Gasteiger partial charge in [0.15, 0.2) is 0 Å². The minimum absolute atomic E-state index is 0.0370. The van der Waals surface area contributed by atoms with Gasteiger partial charge in [-0.3, -0.25) is 4.79 Å². The summed E-state index contributed by atoms with van der Waals surface area (Å²) >= 11 is 0. The van der Waals surface area contributed by atoms with Gasteiger partial charge in [0.1, 0.15) is 17.0 Å². The van der Waals surface area contributed by atoms with E-state index in [2.05, 4.69) is 100.0 Å². The van der Waals surface area contributed by atoms with Gasteiger partial charge in [-0.2, -0.15) is 9.61 Å². The topological polar surface area (TPSA) is 68.7 Å². The molecule has 2 aromatic heterocycles. The number of carbonyl (C=O) groups is 1. The number of nitrogens with one attached hydrogen (secondary N) is 2. The second-order valence-electron chi connectivity index (χ2n) is 12.8. The number of H-pyrrole nitrogens is 1. The maximum atomic E-state index is 13.6. The summed E-state index contributed by atoms with van der Waals surface area (Å²) in [5.74, 6) is 0.976. The highest BCUT2D eigenvalue weighted by Crippen LogP contribution is 2.36. The van der Waals surface area contributed by atoms with Crippen molar-refractivity contribution in [3.05, 3.63) is 47.8 Å². The molecule has 4 rings (SSSR count). The molecule has 3 heterocycles. The van der Waals surface area contributed by atoms with Gasteiger partial charge in [-0.25, -0.2) is 0 Å². The lowest BCUT2D eigenvalue weighted by atomic mass is 9.81. The molecule has 0 aliphatic carbocycles. The summed E-state index contributed by atoms with van der Waals surface area (Å²) in [6.07, 6.45) is 2.71. The van der Waals surface area contributed by atoms with Crippen molar-refractivity contribution in [2.24, 2.45) is 5.41 Å². The van der Waals surface area contributed by atoms with Crippen LogP contribution in [0.3, 0.4) is 0 Å². The van der Waals surface area contributed by atoms with Crippen molar-refractivity contribution in [2.45, 2.75) is 72.8 Å². The van der Waals surface area contributed by atoms with Crippen LogP contribution < -0.4 is 10.2 Å². The molecule has 7 nitrogen and oxygen atoms in total. The van der Waals surface area contributed by atoms with Gasteiger partial charge < -0.3 is 20.1 Å². The Balaban J connectivity index is 1.60. The normalized spacial score (nSPS) is 15.7. The number of fused-ring (bicyclic) bond motifs is 1. The minimum Gasteiger partial charge on any atom is -0.368 e. The SMILES string of the molecule is CC(C)(C)CC(C)(C)Nc1c(C(C)(C)C)[nH]c2c(C(=O)N3CCN(c4ccccc4)CC3)cnn12. The maximum absolute atomic E-state index is 13.6. The third kappa shape index (κ3) is 5.49. The van der Waals surface area contributed by atoms with E-state index in [-0.39, 0.29) is 22.3 Å². The smallest absolute Gasteiger partial charge is 0.259 e. The summed E-state index contributed by atoms with van der Waals surface area (Å²) < 4.78 is 1.89. The van der Waals surface area contributed by atoms with Gasteiger partial charge in [0, 0.05) is 42.8 Å². The lowest BCUT2D eigenvalue weighted by Gasteiger charge is -2.36. The van der Waals surface area contributed by atoms with Crippen LogP contribution in [0.2, 0.25) is 0 Å². The van der Waals surface area contributed by atoms with Crippen LogP contribution in [0.4, 0.5) is 11.5 Å². The maximum Gasteiger partial charge on any atom is 0.259 e. The standard InChI is InChI=1S/C28H42N6O/c1-26(2,3)19-28(7,8)31-24-22(27(4,5)6)30-23-21(18-29-34(23)24)25(35)33-16-14-32(15-17-33)20-12-10-9-11-13-20/h9-13,18,30-31H,14-17,19H2,1-8H3. The quantitative estimate of drug-likeness (QED) is 0.505. The number of amides is 1. The predicted octanol–water partition coefficient (Wildman–Crippen LogP) is 5.55. The number of para-hydroxylation sites is 1. The predicted molar refractivity (Wildman–Crippen MR) is 145 cm³/mol. The molecular formula is C28H42N6O. The van der Waals surface area contributed by atoms with Crippen molar-refractivity contribution >= 4 is 23.1 Å². The van der Waals surface area contributed by atoms with E-state index in [1.165, 1.54) is 5.69 Å². The first-order chi connectivity index (χ1) is 16.3. The number of hydrogen-bond acceptors (Lipinski definition) is 4. The number of piperazine rings is 1. The fourth-order valence-electron chi connectivity index (χ4n) is 5.40. The molecular weight excluding hydrogens is 436 g/mol. The van der Waals surface area contributed by atoms with Crippen LogP contribution in [0.25, 0.3) is 5.65 Å². The van der Waals surface area contributed by atoms with Crippen LogP contribution >= 0.6 is 0 Å². The number of aromatic nitrogens is 3. The fourth-order valence-corrected chi connectivity index (χ4v) is 5.40. The highest BCUT2D eigenvalue weighted by Gasteiger charge is 2.33. The fraction of sp³-hybridized carbons (Fsp3) is 0.571. The Morgan fingerprint density at radius 1 is 0.971 bits per heavy atom. The average molecular weight is 479 g/mol. The number of benzene rings is 1. The number of nitrogens with zero attached hydrogens (tertiary/aromatic N) is 4. The van der Waals surface area contributed by atoms with Gasteiger partial charge in [-0.1, -0.05) is 59.7 Å². The van der Waals surface area contributed by atoms with Gasteiger partial charge in [0.05, 0.1) is 11.9 Å². The van der Waals surface area contributed by atoms with E-state index in [1.54, 1.807) is 6.20 Å². The van der Waals surface area contributed by atoms with Crippen LogP contribution in [-0.2, 0) is 5.41 Å². The van der Waals surface area contributed by atoms with Crippen LogP contribution in [0.15, 0.2) is 36.5 Å². The summed E-state index contributed by atoms with van der Waals surface area (Å²) in [5.41, 5.74) is 3.57. The monoisotopic (exact) mass is 478 g/mol. The van der Waals surface area contributed by atoms with Crippen molar-refractivity contribution < 1.29 is 4.79 Å². The molecule has 0 unspecified atom stereocenters. The zero-order valence-electron chi connectivity index (χ0n) is 22.7. The Labute approximate surface area is 209 Å². The number of imidazole rings is 1. The molecule has 7 heteroatoms. The largest absolute Gasteiger partial charge is 0.368 e. The van der Waals surface area contributed by atoms with E-state index < -0.39 is 0 Å². The molecule has 0 atom stereocenters. The Hall–Kier alpha value is -2.96. The molecule has 0 radical (unpaired) electrons. The Bertz CT molecular complexity index is 1170. The Morgan fingerprint density at radius 2 is 1.60 bits per heavy atom. The van der Waals surface area contributed by atoms with E-state index in [1.807, 2.05) is 15.5 Å². The van der Waals surface area contributed by atoms with Gasteiger partial charge in [0.25, 0.3) is 5.91 Å². The summed E-state index contributed by atoms with van der Waals surface area (Å²) in [6, 6.07) is 10.4. The molecule has 1 aliphatic rings. The van der Waals surface area contributed by atoms with Crippen LogP contribution in [0.5, 0.6) is 0 Å². The first-order valence-corrected chi connectivity index (χ1v) is 12.7. The molecule has 1 fully saturated rings. The number of hydrogen-bond donors (Lipinski definition) is 2. The number of rotatable bonds is 5. The zero-order valence-corrected chi connectivity index (χ0v) is 22.7.